The molecule has 0 unspecified atom stereocenters. The Morgan fingerprint density at radius 2 is 2.41 bits per heavy atom. The summed E-state index contributed by atoms with van der Waals surface area (Å²) in [5.74, 6) is -0.250. The van der Waals surface area contributed by atoms with Gasteiger partial charge in [0.25, 0.3) is 0 Å². The zero-order chi connectivity index (χ0) is 15.7. The van der Waals surface area contributed by atoms with Gasteiger partial charge in [0.15, 0.2) is 0 Å². The summed E-state index contributed by atoms with van der Waals surface area (Å²) >= 11 is 6.00. The molecule has 6 heteroatoms. The number of likely N-dealkylation sites (tertiary alicyclic amines) is 1. The Labute approximate surface area is 134 Å². The van der Waals surface area contributed by atoms with Crippen LogP contribution in [0.4, 0.5) is 4.39 Å². The molecular formula is C16H19ClFNO3. The summed E-state index contributed by atoms with van der Waals surface area (Å²) in [7, 11) is 1.66. The molecule has 2 aliphatic heterocycles. The smallest absolute Gasteiger partial charge is 0.227 e. The number of ether oxygens (including phenoxy) is 2. The molecule has 2 heterocycles. The first-order valence-corrected chi connectivity index (χ1v) is 7.71. The van der Waals surface area contributed by atoms with E-state index in [9.17, 15) is 9.18 Å². The Morgan fingerprint density at radius 1 is 1.59 bits per heavy atom. The largest absolute Gasteiger partial charge is 0.384 e. The van der Waals surface area contributed by atoms with Gasteiger partial charge in [-0.05, 0) is 12.1 Å². The maximum Gasteiger partial charge on any atom is 0.227 e. The van der Waals surface area contributed by atoms with E-state index in [0.29, 0.717) is 37.9 Å². The van der Waals surface area contributed by atoms with Crippen molar-refractivity contribution in [1.29, 1.82) is 0 Å². The highest BCUT2D eigenvalue weighted by molar-refractivity contribution is 6.31. The summed E-state index contributed by atoms with van der Waals surface area (Å²) in [4.78, 5) is 14.3. The topological polar surface area (TPSA) is 38.8 Å². The van der Waals surface area contributed by atoms with Crippen molar-refractivity contribution in [2.45, 2.75) is 6.42 Å². The fourth-order valence-corrected chi connectivity index (χ4v) is 3.71. The number of nitrogens with zero attached hydrogens (tertiary/aromatic N) is 1. The number of halogens is 2. The van der Waals surface area contributed by atoms with Crippen LogP contribution in [0.2, 0.25) is 5.02 Å². The number of hydrogen-bond acceptors (Lipinski definition) is 3. The average Bonchev–Trinajstić information content (AvgIpc) is 3.00. The fourth-order valence-electron chi connectivity index (χ4n) is 3.48. The van der Waals surface area contributed by atoms with E-state index in [1.54, 1.807) is 18.1 Å². The molecule has 22 heavy (non-hydrogen) atoms. The molecule has 2 aliphatic rings. The number of fused-ring (bicyclic) bond motifs is 1. The monoisotopic (exact) mass is 327 g/mol. The van der Waals surface area contributed by atoms with Gasteiger partial charge in [-0.3, -0.25) is 4.79 Å². The second kappa shape index (κ2) is 6.14. The Balaban J connectivity index is 1.72. The summed E-state index contributed by atoms with van der Waals surface area (Å²) in [6, 6.07) is 4.47. The zero-order valence-corrected chi connectivity index (χ0v) is 13.2. The maximum absolute atomic E-state index is 13.8. The number of benzene rings is 1. The first-order chi connectivity index (χ1) is 10.6. The molecule has 2 saturated heterocycles. The number of hydrogen-bond donors (Lipinski definition) is 0. The van der Waals surface area contributed by atoms with Gasteiger partial charge in [0.2, 0.25) is 5.91 Å². The number of amides is 1. The lowest BCUT2D eigenvalue weighted by atomic mass is 9.82. The average molecular weight is 328 g/mol. The Bertz CT molecular complexity index is 562. The van der Waals surface area contributed by atoms with Crippen LogP contribution in [0.3, 0.4) is 0 Å². The third-order valence-electron chi connectivity index (χ3n) is 4.70. The second-order valence-corrected chi connectivity index (χ2v) is 6.57. The molecule has 1 amide bonds. The van der Waals surface area contributed by atoms with Gasteiger partial charge in [-0.15, -0.1) is 0 Å². The minimum Gasteiger partial charge on any atom is -0.384 e. The first kappa shape index (κ1) is 15.7. The van der Waals surface area contributed by atoms with Gasteiger partial charge >= 0.3 is 0 Å². The van der Waals surface area contributed by atoms with Crippen LogP contribution in [0.15, 0.2) is 18.2 Å². The molecule has 0 aliphatic carbocycles. The lowest BCUT2D eigenvalue weighted by Gasteiger charge is -2.26. The molecular weight excluding hydrogens is 309 g/mol. The van der Waals surface area contributed by atoms with Gasteiger partial charge < -0.3 is 14.4 Å². The minimum absolute atomic E-state index is 0.0118. The molecule has 0 spiro atoms. The quantitative estimate of drug-likeness (QED) is 0.850. The van der Waals surface area contributed by atoms with Gasteiger partial charge in [0.05, 0.1) is 26.2 Å². The van der Waals surface area contributed by atoms with E-state index in [1.807, 2.05) is 0 Å². The summed E-state index contributed by atoms with van der Waals surface area (Å²) in [5.41, 5.74) is 0.145. The summed E-state index contributed by atoms with van der Waals surface area (Å²) < 4.78 is 24.7. The third-order valence-corrected chi connectivity index (χ3v) is 5.05. The standard InChI is InChI=1S/C16H19ClFNO3/c1-21-9-16-8-19(6-11(16)7-22-10-16)15(20)5-12-13(17)3-2-4-14(12)18/h2-4,11H,5-10H2,1H3/t11-,16-/m0/s1. The van der Waals surface area contributed by atoms with Gasteiger partial charge in [-0.1, -0.05) is 17.7 Å². The van der Waals surface area contributed by atoms with E-state index in [0.717, 1.165) is 0 Å². The molecule has 0 N–H and O–H groups in total. The van der Waals surface area contributed by atoms with E-state index in [4.69, 9.17) is 21.1 Å². The fraction of sp³-hybridized carbons (Fsp3) is 0.562. The number of methoxy groups -OCH3 is 1. The molecule has 0 bridgehead atoms. The van der Waals surface area contributed by atoms with Gasteiger partial charge in [-0.2, -0.15) is 0 Å². The van der Waals surface area contributed by atoms with Crippen molar-refractivity contribution >= 4 is 17.5 Å². The van der Waals surface area contributed by atoms with Crippen LogP contribution in [-0.4, -0.2) is 50.8 Å². The molecule has 0 saturated carbocycles. The molecule has 3 rings (SSSR count). The summed E-state index contributed by atoms with van der Waals surface area (Å²) in [6.45, 7) is 3.05. The lowest BCUT2D eigenvalue weighted by Crippen LogP contribution is -2.37. The maximum atomic E-state index is 13.8. The van der Waals surface area contributed by atoms with Crippen LogP contribution < -0.4 is 0 Å². The molecule has 1 aromatic rings. The van der Waals surface area contributed by atoms with Crippen molar-refractivity contribution in [3.63, 3.8) is 0 Å². The first-order valence-electron chi connectivity index (χ1n) is 7.33. The number of carbonyl (C=O) groups excluding carboxylic acids is 1. The highest BCUT2D eigenvalue weighted by Gasteiger charge is 2.51. The lowest BCUT2D eigenvalue weighted by molar-refractivity contribution is -0.130. The molecule has 2 fully saturated rings. The van der Waals surface area contributed by atoms with Crippen LogP contribution >= 0.6 is 11.6 Å². The molecule has 120 valence electrons. The van der Waals surface area contributed by atoms with Gasteiger partial charge in [-0.25, -0.2) is 4.39 Å². The van der Waals surface area contributed by atoms with Gasteiger partial charge in [0.1, 0.15) is 5.82 Å². The van der Waals surface area contributed by atoms with Crippen molar-refractivity contribution in [2.75, 3.05) is 40.0 Å². The predicted octanol–water partition coefficient (Wildman–Crippen LogP) is 2.14. The highest BCUT2D eigenvalue weighted by Crippen LogP contribution is 2.41. The van der Waals surface area contributed by atoms with Crippen molar-refractivity contribution < 1.29 is 18.7 Å². The Hall–Kier alpha value is -1.17. The zero-order valence-electron chi connectivity index (χ0n) is 12.5. The third kappa shape index (κ3) is 2.73. The van der Waals surface area contributed by atoms with Crippen LogP contribution in [0.25, 0.3) is 0 Å². The molecule has 0 aromatic heterocycles. The van der Waals surface area contributed by atoms with Crippen LogP contribution in [0.5, 0.6) is 0 Å². The predicted molar refractivity (Wildman–Crippen MR) is 80.3 cm³/mol. The molecule has 0 radical (unpaired) electrons. The van der Waals surface area contributed by atoms with Crippen molar-refractivity contribution in [1.82, 2.24) is 4.90 Å². The Morgan fingerprint density at radius 3 is 3.14 bits per heavy atom. The van der Waals surface area contributed by atoms with E-state index < -0.39 is 5.82 Å². The highest BCUT2D eigenvalue weighted by atomic mass is 35.5. The second-order valence-electron chi connectivity index (χ2n) is 6.16. The van der Waals surface area contributed by atoms with E-state index in [1.165, 1.54) is 12.1 Å². The van der Waals surface area contributed by atoms with Crippen LogP contribution in [-0.2, 0) is 20.7 Å². The minimum atomic E-state index is -0.435. The molecule has 1 aromatic carbocycles. The van der Waals surface area contributed by atoms with E-state index in [2.05, 4.69) is 0 Å². The summed E-state index contributed by atoms with van der Waals surface area (Å²) in [5, 5.41) is 0.294. The normalized spacial score (nSPS) is 27.2. The van der Waals surface area contributed by atoms with Crippen LogP contribution in [0.1, 0.15) is 5.56 Å². The SMILES string of the molecule is COC[C@@]12COC[C@@H]1CN(C(=O)Cc1c(F)cccc1Cl)C2. The van der Waals surface area contributed by atoms with Crippen molar-refractivity contribution in [3.8, 4) is 0 Å². The van der Waals surface area contributed by atoms with Crippen LogP contribution in [0, 0.1) is 17.2 Å². The molecule has 4 nitrogen and oxygen atoms in total. The van der Waals surface area contributed by atoms with Crippen molar-refractivity contribution in [3.05, 3.63) is 34.6 Å². The van der Waals surface area contributed by atoms with E-state index >= 15 is 0 Å². The van der Waals surface area contributed by atoms with Crippen molar-refractivity contribution in [2.24, 2.45) is 11.3 Å². The van der Waals surface area contributed by atoms with E-state index in [-0.39, 0.29) is 29.2 Å². The summed E-state index contributed by atoms with van der Waals surface area (Å²) in [6.07, 6.45) is -0.0118. The Kier molecular flexibility index (Phi) is 4.39. The number of carbonyl (C=O) groups is 1. The molecule has 2 atom stereocenters. The number of rotatable bonds is 4. The van der Waals surface area contributed by atoms with Gasteiger partial charge in [0, 0.05) is 42.1 Å².